The molecule has 1 amide bonds. The Labute approximate surface area is 148 Å². The molecule has 0 bridgehead atoms. The van der Waals surface area contributed by atoms with Crippen molar-refractivity contribution in [3.63, 3.8) is 0 Å². The fourth-order valence-corrected chi connectivity index (χ4v) is 2.65. The fraction of sp³-hybridized carbons (Fsp3) is 0.118. The highest BCUT2D eigenvalue weighted by Crippen LogP contribution is 2.36. The van der Waals surface area contributed by atoms with Gasteiger partial charge in [0.15, 0.2) is 11.5 Å². The van der Waals surface area contributed by atoms with Gasteiger partial charge in [-0.25, -0.2) is 0 Å². The lowest BCUT2D eigenvalue weighted by Gasteiger charge is -2.10. The molecule has 1 N–H and O–H groups in total. The van der Waals surface area contributed by atoms with Gasteiger partial charge in [0.1, 0.15) is 0 Å². The van der Waals surface area contributed by atoms with Crippen LogP contribution in [0.1, 0.15) is 5.56 Å². The van der Waals surface area contributed by atoms with Crippen molar-refractivity contribution in [2.75, 3.05) is 19.5 Å². The summed E-state index contributed by atoms with van der Waals surface area (Å²) in [6.07, 6.45) is 3.08. The van der Waals surface area contributed by atoms with Crippen molar-refractivity contribution < 1.29 is 14.3 Å². The number of hydrogen-bond acceptors (Lipinski definition) is 3. The van der Waals surface area contributed by atoms with Gasteiger partial charge >= 0.3 is 0 Å². The summed E-state index contributed by atoms with van der Waals surface area (Å²) in [5.41, 5.74) is 1.44. The Balaban J connectivity index is 2.13. The molecule has 0 atom stereocenters. The van der Waals surface area contributed by atoms with Gasteiger partial charge in [-0.1, -0.05) is 33.6 Å². The molecule has 2 aromatic carbocycles. The van der Waals surface area contributed by atoms with Crippen LogP contribution in [0, 0.1) is 0 Å². The smallest absolute Gasteiger partial charge is 0.248 e. The van der Waals surface area contributed by atoms with Crippen LogP contribution in [0.4, 0.5) is 5.69 Å². The largest absolute Gasteiger partial charge is 0.493 e. The highest BCUT2D eigenvalue weighted by Gasteiger charge is 2.09. The highest BCUT2D eigenvalue weighted by atomic mass is 79.9. The standard InChI is InChI=1S/C17H15BrClNO3/c1-22-15-9-11(8-14(19)17(15)23-2)6-7-16(21)20-13-5-3-4-12(18)10-13/h3-10H,1-2H3,(H,20,21). The minimum absolute atomic E-state index is 0.242. The maximum Gasteiger partial charge on any atom is 0.248 e. The molecule has 0 heterocycles. The van der Waals surface area contributed by atoms with E-state index in [4.69, 9.17) is 21.1 Å². The Kier molecular flexibility index (Phi) is 6.07. The zero-order valence-electron chi connectivity index (χ0n) is 12.6. The van der Waals surface area contributed by atoms with E-state index in [0.29, 0.717) is 22.2 Å². The summed E-state index contributed by atoms with van der Waals surface area (Å²) >= 11 is 9.49. The molecular formula is C17H15BrClNO3. The monoisotopic (exact) mass is 395 g/mol. The normalized spacial score (nSPS) is 10.6. The Morgan fingerprint density at radius 3 is 2.65 bits per heavy atom. The topological polar surface area (TPSA) is 47.6 Å². The molecular weight excluding hydrogens is 382 g/mol. The van der Waals surface area contributed by atoms with Crippen LogP contribution in [-0.4, -0.2) is 20.1 Å². The minimum atomic E-state index is -0.242. The van der Waals surface area contributed by atoms with Gasteiger partial charge in [0.2, 0.25) is 5.91 Å². The molecule has 0 fully saturated rings. The number of nitrogens with one attached hydrogen (secondary N) is 1. The van der Waals surface area contributed by atoms with E-state index in [2.05, 4.69) is 21.2 Å². The summed E-state index contributed by atoms with van der Waals surface area (Å²) < 4.78 is 11.3. The lowest BCUT2D eigenvalue weighted by molar-refractivity contribution is -0.111. The van der Waals surface area contributed by atoms with Crippen molar-refractivity contribution in [2.45, 2.75) is 0 Å². The molecule has 0 saturated heterocycles. The number of carbonyl (C=O) groups is 1. The summed E-state index contributed by atoms with van der Waals surface area (Å²) in [4.78, 5) is 12.0. The van der Waals surface area contributed by atoms with Crippen LogP contribution in [0.5, 0.6) is 11.5 Å². The molecule has 2 rings (SSSR count). The summed E-state index contributed by atoms with van der Waals surface area (Å²) in [6.45, 7) is 0. The van der Waals surface area contributed by atoms with Crippen molar-refractivity contribution in [2.24, 2.45) is 0 Å². The lowest BCUT2D eigenvalue weighted by atomic mass is 10.2. The molecule has 6 heteroatoms. The second-order valence-electron chi connectivity index (χ2n) is 4.57. The maximum absolute atomic E-state index is 12.0. The molecule has 0 aliphatic heterocycles. The van der Waals surface area contributed by atoms with Crippen molar-refractivity contribution in [3.05, 3.63) is 57.5 Å². The second-order valence-corrected chi connectivity index (χ2v) is 5.89. The van der Waals surface area contributed by atoms with E-state index in [1.807, 2.05) is 24.3 Å². The van der Waals surface area contributed by atoms with Crippen LogP contribution in [0.2, 0.25) is 5.02 Å². The van der Waals surface area contributed by atoms with Gasteiger partial charge in [-0.05, 0) is 42.0 Å². The molecule has 0 aromatic heterocycles. The van der Waals surface area contributed by atoms with Crippen molar-refractivity contribution in [1.82, 2.24) is 0 Å². The third kappa shape index (κ3) is 4.74. The van der Waals surface area contributed by atoms with E-state index in [1.165, 1.54) is 20.3 Å². The Morgan fingerprint density at radius 1 is 1.22 bits per heavy atom. The van der Waals surface area contributed by atoms with Crippen LogP contribution in [0.3, 0.4) is 0 Å². The van der Waals surface area contributed by atoms with Gasteiger partial charge in [0.25, 0.3) is 0 Å². The van der Waals surface area contributed by atoms with Crippen molar-refractivity contribution in [3.8, 4) is 11.5 Å². The van der Waals surface area contributed by atoms with E-state index < -0.39 is 0 Å². The van der Waals surface area contributed by atoms with Crippen LogP contribution in [-0.2, 0) is 4.79 Å². The third-order valence-electron chi connectivity index (χ3n) is 2.98. The number of anilines is 1. The van der Waals surface area contributed by atoms with Gasteiger partial charge < -0.3 is 14.8 Å². The first-order valence-electron chi connectivity index (χ1n) is 6.69. The van der Waals surface area contributed by atoms with Gasteiger partial charge in [0.05, 0.1) is 19.2 Å². The second kappa shape index (κ2) is 8.04. The summed E-state index contributed by atoms with van der Waals surface area (Å²) in [7, 11) is 3.05. The first-order chi connectivity index (χ1) is 11.0. The molecule has 4 nitrogen and oxygen atoms in total. The summed E-state index contributed by atoms with van der Waals surface area (Å²) in [6, 6.07) is 10.8. The number of amides is 1. The Morgan fingerprint density at radius 2 is 2.00 bits per heavy atom. The van der Waals surface area contributed by atoms with Gasteiger partial charge in [0, 0.05) is 16.2 Å². The van der Waals surface area contributed by atoms with Gasteiger partial charge in [-0.2, -0.15) is 0 Å². The average molecular weight is 397 g/mol. The zero-order valence-corrected chi connectivity index (χ0v) is 14.9. The van der Waals surface area contributed by atoms with Gasteiger partial charge in [-0.3, -0.25) is 4.79 Å². The molecule has 0 aliphatic rings. The van der Waals surface area contributed by atoms with Crippen molar-refractivity contribution in [1.29, 1.82) is 0 Å². The molecule has 0 aliphatic carbocycles. The van der Waals surface area contributed by atoms with E-state index in [9.17, 15) is 4.79 Å². The molecule has 120 valence electrons. The SMILES string of the molecule is COc1cc(C=CC(=O)Nc2cccc(Br)c2)cc(Cl)c1OC. The summed E-state index contributed by atoms with van der Waals surface area (Å²) in [5.74, 6) is 0.728. The molecule has 0 unspecified atom stereocenters. The molecule has 23 heavy (non-hydrogen) atoms. The molecule has 0 spiro atoms. The number of hydrogen-bond donors (Lipinski definition) is 1. The summed E-state index contributed by atoms with van der Waals surface area (Å²) in [5, 5.41) is 3.19. The molecule has 0 saturated carbocycles. The van der Waals surface area contributed by atoms with E-state index >= 15 is 0 Å². The lowest BCUT2D eigenvalue weighted by Crippen LogP contribution is -2.07. The van der Waals surface area contributed by atoms with Crippen LogP contribution >= 0.6 is 27.5 Å². The third-order valence-corrected chi connectivity index (χ3v) is 3.75. The first kappa shape index (κ1) is 17.4. The minimum Gasteiger partial charge on any atom is -0.493 e. The molecule has 0 radical (unpaired) electrons. The predicted molar refractivity (Wildman–Crippen MR) is 96.4 cm³/mol. The molecule has 2 aromatic rings. The van der Waals surface area contributed by atoms with Gasteiger partial charge in [-0.15, -0.1) is 0 Å². The van der Waals surface area contributed by atoms with Crippen LogP contribution in [0.25, 0.3) is 6.08 Å². The Bertz CT molecular complexity index is 747. The van der Waals surface area contributed by atoms with E-state index in [1.54, 1.807) is 18.2 Å². The average Bonchev–Trinajstić information content (AvgIpc) is 2.52. The van der Waals surface area contributed by atoms with E-state index in [-0.39, 0.29) is 5.91 Å². The zero-order chi connectivity index (χ0) is 16.8. The van der Waals surface area contributed by atoms with Crippen LogP contribution < -0.4 is 14.8 Å². The number of methoxy groups -OCH3 is 2. The number of carbonyl (C=O) groups excluding carboxylic acids is 1. The number of benzene rings is 2. The predicted octanol–water partition coefficient (Wildman–Crippen LogP) is 4.77. The maximum atomic E-state index is 12.0. The highest BCUT2D eigenvalue weighted by molar-refractivity contribution is 9.10. The van der Waals surface area contributed by atoms with E-state index in [0.717, 1.165) is 10.0 Å². The quantitative estimate of drug-likeness (QED) is 0.741. The first-order valence-corrected chi connectivity index (χ1v) is 7.86. The van der Waals surface area contributed by atoms with Crippen molar-refractivity contribution >= 4 is 45.2 Å². The number of ether oxygens (including phenoxy) is 2. The number of rotatable bonds is 5. The van der Waals surface area contributed by atoms with Crippen LogP contribution in [0.15, 0.2) is 46.9 Å². The fourth-order valence-electron chi connectivity index (χ4n) is 1.96. The number of halogens is 2. The Hall–Kier alpha value is -1.98.